The number of aryl methyl sites for hydroxylation is 1. The zero-order valence-electron chi connectivity index (χ0n) is 21.7. The van der Waals surface area contributed by atoms with Gasteiger partial charge in [0.1, 0.15) is 5.82 Å². The summed E-state index contributed by atoms with van der Waals surface area (Å²) in [7, 11) is 1.39. The minimum absolute atomic E-state index is 0.0151. The predicted octanol–water partition coefficient (Wildman–Crippen LogP) is 5.87. The third-order valence-corrected chi connectivity index (χ3v) is 7.61. The number of ether oxygens (including phenoxy) is 1. The van der Waals surface area contributed by atoms with Crippen LogP contribution in [0.15, 0.2) is 36.4 Å². The van der Waals surface area contributed by atoms with E-state index in [9.17, 15) is 4.79 Å². The first-order valence-electron chi connectivity index (χ1n) is 12.9. The molecule has 5 rings (SSSR count). The third-order valence-electron chi connectivity index (χ3n) is 7.61. The predicted molar refractivity (Wildman–Crippen MR) is 141 cm³/mol. The molecule has 6 nitrogen and oxygen atoms in total. The molecule has 3 aromatic rings. The maximum atomic E-state index is 11.5. The van der Waals surface area contributed by atoms with Crippen LogP contribution < -0.4 is 5.32 Å². The highest BCUT2D eigenvalue weighted by molar-refractivity contribution is 5.84. The number of fused-ring (bicyclic) bond motifs is 2. The van der Waals surface area contributed by atoms with Crippen molar-refractivity contribution in [2.75, 3.05) is 32.1 Å². The molecule has 0 bridgehead atoms. The van der Waals surface area contributed by atoms with Crippen molar-refractivity contribution in [3.05, 3.63) is 58.9 Å². The molecular weight excluding hydrogens is 436 g/mol. The van der Waals surface area contributed by atoms with Crippen LogP contribution in [0.5, 0.6) is 0 Å². The molecule has 2 aliphatic rings. The molecule has 0 radical (unpaired) electrons. The van der Waals surface area contributed by atoms with Gasteiger partial charge in [-0.2, -0.15) is 0 Å². The number of piperidine rings is 1. The second-order valence-electron chi connectivity index (χ2n) is 11.5. The molecule has 1 amide bonds. The smallest absolute Gasteiger partial charge is 0.411 e. The Labute approximate surface area is 208 Å². The van der Waals surface area contributed by atoms with Crippen LogP contribution in [0.1, 0.15) is 62.2 Å². The number of carbonyl (C=O) groups is 1. The van der Waals surface area contributed by atoms with Gasteiger partial charge >= 0.3 is 6.09 Å². The SMILES string of the molecule is COC(=O)Nc1ccc2c(c1)CC(CN1CCC(n3c(C(C)(C)C)nc4cc(C)ccc43)CC1)C2. The second kappa shape index (κ2) is 9.30. The zero-order chi connectivity index (χ0) is 24.7. The number of aromatic nitrogens is 2. The molecule has 186 valence electrons. The van der Waals surface area contributed by atoms with Crippen molar-refractivity contribution in [2.45, 2.75) is 64.8 Å². The third kappa shape index (κ3) is 4.94. The Kier molecular flexibility index (Phi) is 6.34. The van der Waals surface area contributed by atoms with Crippen LogP contribution in [0.2, 0.25) is 0 Å². The number of likely N-dealkylation sites (tertiary alicyclic amines) is 1. The summed E-state index contributed by atoms with van der Waals surface area (Å²) in [6, 6.07) is 13.4. The summed E-state index contributed by atoms with van der Waals surface area (Å²) in [4.78, 5) is 19.3. The van der Waals surface area contributed by atoms with Gasteiger partial charge in [0.15, 0.2) is 0 Å². The summed E-state index contributed by atoms with van der Waals surface area (Å²) < 4.78 is 7.27. The maximum Gasteiger partial charge on any atom is 0.411 e. The number of rotatable bonds is 4. The van der Waals surface area contributed by atoms with Crippen LogP contribution in [-0.2, 0) is 23.0 Å². The fourth-order valence-corrected chi connectivity index (χ4v) is 5.92. The van der Waals surface area contributed by atoms with Crippen molar-refractivity contribution in [1.82, 2.24) is 14.5 Å². The number of anilines is 1. The highest BCUT2D eigenvalue weighted by Gasteiger charge is 2.31. The summed E-state index contributed by atoms with van der Waals surface area (Å²) in [5, 5.41) is 2.79. The quantitative estimate of drug-likeness (QED) is 0.514. The lowest BCUT2D eigenvalue weighted by molar-refractivity contribution is 0.163. The topological polar surface area (TPSA) is 59.4 Å². The molecule has 0 saturated carbocycles. The number of amides is 1. The molecule has 2 aromatic carbocycles. The molecule has 1 unspecified atom stereocenters. The van der Waals surface area contributed by atoms with Crippen molar-refractivity contribution in [1.29, 1.82) is 0 Å². The lowest BCUT2D eigenvalue weighted by atomic mass is 9.94. The molecule has 1 atom stereocenters. The summed E-state index contributed by atoms with van der Waals surface area (Å²) in [5.41, 5.74) is 7.27. The largest absolute Gasteiger partial charge is 0.453 e. The first-order chi connectivity index (χ1) is 16.7. The van der Waals surface area contributed by atoms with Crippen molar-refractivity contribution in [2.24, 2.45) is 5.92 Å². The van der Waals surface area contributed by atoms with Crippen molar-refractivity contribution < 1.29 is 9.53 Å². The highest BCUT2D eigenvalue weighted by Crippen LogP contribution is 2.35. The number of nitrogens with one attached hydrogen (secondary N) is 1. The van der Waals surface area contributed by atoms with E-state index in [1.807, 2.05) is 6.07 Å². The molecular formula is C29H38N4O2. The fourth-order valence-electron chi connectivity index (χ4n) is 5.92. The monoisotopic (exact) mass is 474 g/mol. The van der Waals surface area contributed by atoms with Crippen LogP contribution in [0, 0.1) is 12.8 Å². The van der Waals surface area contributed by atoms with Crippen LogP contribution >= 0.6 is 0 Å². The summed E-state index contributed by atoms with van der Waals surface area (Å²) in [6.45, 7) is 12.4. The number of imidazole rings is 1. The number of nitrogens with zero attached hydrogens (tertiary/aromatic N) is 3. The van der Waals surface area contributed by atoms with E-state index in [0.29, 0.717) is 12.0 Å². The van der Waals surface area contributed by atoms with Crippen LogP contribution in [0.25, 0.3) is 11.0 Å². The molecule has 1 aliphatic heterocycles. The average Bonchev–Trinajstić information content (AvgIpc) is 3.39. The molecule has 2 heterocycles. The van der Waals surface area contributed by atoms with Gasteiger partial charge in [0.05, 0.1) is 18.1 Å². The number of methoxy groups -OCH3 is 1. The van der Waals surface area contributed by atoms with Gasteiger partial charge in [-0.25, -0.2) is 9.78 Å². The van der Waals surface area contributed by atoms with E-state index >= 15 is 0 Å². The van der Waals surface area contributed by atoms with Crippen LogP contribution in [0.3, 0.4) is 0 Å². The van der Waals surface area contributed by atoms with Crippen LogP contribution in [-0.4, -0.2) is 47.3 Å². The fraction of sp³-hybridized carbons (Fsp3) is 0.517. The number of carbonyl (C=O) groups excluding carboxylic acids is 1. The molecule has 1 N–H and O–H groups in total. The Morgan fingerprint density at radius 1 is 1.09 bits per heavy atom. The summed E-state index contributed by atoms with van der Waals surface area (Å²) in [6.07, 6.45) is 4.10. The van der Waals surface area contributed by atoms with E-state index in [4.69, 9.17) is 9.72 Å². The first-order valence-corrected chi connectivity index (χ1v) is 12.9. The van der Waals surface area contributed by atoms with Gasteiger partial charge in [-0.05, 0) is 79.5 Å². The number of hydrogen-bond donors (Lipinski definition) is 1. The highest BCUT2D eigenvalue weighted by atomic mass is 16.5. The molecule has 1 aliphatic carbocycles. The lowest BCUT2D eigenvalue weighted by Crippen LogP contribution is -2.38. The van der Waals surface area contributed by atoms with Gasteiger partial charge in [0.2, 0.25) is 0 Å². The van der Waals surface area contributed by atoms with E-state index in [0.717, 1.165) is 56.5 Å². The molecule has 1 aromatic heterocycles. The van der Waals surface area contributed by atoms with Crippen molar-refractivity contribution in [3.63, 3.8) is 0 Å². The molecule has 6 heteroatoms. The van der Waals surface area contributed by atoms with Gasteiger partial charge in [-0.3, -0.25) is 5.32 Å². The normalized spacial score (nSPS) is 19.2. The number of benzene rings is 2. The van der Waals surface area contributed by atoms with Gasteiger partial charge in [-0.15, -0.1) is 0 Å². The molecule has 1 fully saturated rings. The van der Waals surface area contributed by atoms with Gasteiger partial charge in [0.25, 0.3) is 0 Å². The van der Waals surface area contributed by atoms with E-state index < -0.39 is 6.09 Å². The average molecular weight is 475 g/mol. The van der Waals surface area contributed by atoms with E-state index in [1.165, 1.54) is 35.1 Å². The standard InChI is InChI=1S/C29H38N4O2/c1-19-6-9-26-25(14-19)31-27(29(2,3)4)33(26)24-10-12-32(13-11-24)18-20-15-21-7-8-23(17-22(21)16-20)30-28(34)35-5/h6-9,14,17,20,24H,10-13,15-16,18H2,1-5H3,(H,30,34). The Balaban J connectivity index is 1.24. The van der Waals surface area contributed by atoms with Gasteiger partial charge in [0, 0.05) is 36.8 Å². The van der Waals surface area contributed by atoms with Crippen molar-refractivity contribution in [3.8, 4) is 0 Å². The minimum atomic E-state index is -0.419. The molecule has 0 spiro atoms. The van der Waals surface area contributed by atoms with E-state index in [2.05, 4.69) is 72.8 Å². The number of hydrogen-bond acceptors (Lipinski definition) is 4. The van der Waals surface area contributed by atoms with Gasteiger partial charge in [-0.1, -0.05) is 32.9 Å². The Hall–Kier alpha value is -2.86. The van der Waals surface area contributed by atoms with E-state index in [1.54, 1.807) is 0 Å². The lowest BCUT2D eigenvalue weighted by Gasteiger charge is -2.36. The Morgan fingerprint density at radius 2 is 1.83 bits per heavy atom. The van der Waals surface area contributed by atoms with Crippen LogP contribution in [0.4, 0.5) is 10.5 Å². The second-order valence-corrected chi connectivity index (χ2v) is 11.5. The summed E-state index contributed by atoms with van der Waals surface area (Å²) >= 11 is 0. The Bertz CT molecular complexity index is 1230. The zero-order valence-corrected chi connectivity index (χ0v) is 21.7. The molecule has 1 saturated heterocycles. The summed E-state index contributed by atoms with van der Waals surface area (Å²) in [5.74, 6) is 1.84. The molecule has 35 heavy (non-hydrogen) atoms. The van der Waals surface area contributed by atoms with E-state index in [-0.39, 0.29) is 5.41 Å². The minimum Gasteiger partial charge on any atom is -0.453 e. The Morgan fingerprint density at radius 3 is 2.54 bits per heavy atom. The van der Waals surface area contributed by atoms with Gasteiger partial charge < -0.3 is 14.2 Å². The van der Waals surface area contributed by atoms with Crippen molar-refractivity contribution >= 4 is 22.8 Å². The first kappa shape index (κ1) is 23.9. The maximum absolute atomic E-state index is 11.5.